The molecule has 0 saturated heterocycles. The van der Waals surface area contributed by atoms with Crippen LogP contribution in [0.1, 0.15) is 23.2 Å². The third-order valence-corrected chi connectivity index (χ3v) is 2.83. The van der Waals surface area contributed by atoms with E-state index < -0.39 is 12.1 Å². The molecule has 0 aliphatic heterocycles. The zero-order valence-corrected chi connectivity index (χ0v) is 12.7. The Bertz CT molecular complexity index is 738. The Balaban J connectivity index is 2.06. The lowest BCUT2D eigenvalue weighted by Crippen LogP contribution is -2.28. The van der Waals surface area contributed by atoms with Crippen molar-refractivity contribution in [3.05, 3.63) is 35.7 Å². The first-order valence-electron chi connectivity index (χ1n) is 6.67. The van der Waals surface area contributed by atoms with E-state index in [1.54, 1.807) is 6.92 Å². The van der Waals surface area contributed by atoms with Crippen molar-refractivity contribution < 1.29 is 27.3 Å². The summed E-state index contributed by atoms with van der Waals surface area (Å²) >= 11 is 0. The molecule has 1 heterocycles. The molecule has 0 bridgehead atoms. The van der Waals surface area contributed by atoms with Gasteiger partial charge in [0.2, 0.25) is 5.82 Å². The lowest BCUT2D eigenvalue weighted by atomic mass is 10.1. The average Bonchev–Trinajstić information content (AvgIpc) is 3.03. The number of hydrogen-bond acceptors (Lipinski definition) is 6. The summed E-state index contributed by atoms with van der Waals surface area (Å²) in [5.74, 6) is -2.00. The number of nitrogens with one attached hydrogen (secondary N) is 1. The number of carbonyl (C=O) groups excluding carboxylic acids is 1. The monoisotopic (exact) mass is 342 g/mol. The molecule has 0 saturated carbocycles. The zero-order chi connectivity index (χ0) is 17.7. The second-order valence-corrected chi connectivity index (χ2v) is 4.69. The standard InChI is InChI=1S/C14H13F3N4O3/c1-8(20-23-2)7-18-12(22)10-5-3-9(4-6-10)11-19-13(24-21-11)14(15,16)17/h3-6H,7H2,1-2H3,(H,18,22)/b20-8-. The van der Waals surface area contributed by atoms with Crippen LogP contribution in [0.3, 0.4) is 0 Å². The number of nitrogens with zero attached hydrogens (tertiary/aromatic N) is 3. The van der Waals surface area contributed by atoms with Crippen LogP contribution in [0.25, 0.3) is 11.4 Å². The van der Waals surface area contributed by atoms with Crippen molar-refractivity contribution in [2.45, 2.75) is 13.1 Å². The van der Waals surface area contributed by atoms with Gasteiger partial charge in [-0.05, 0) is 19.1 Å². The van der Waals surface area contributed by atoms with Crippen LogP contribution in [-0.4, -0.2) is 35.4 Å². The fraction of sp³-hybridized carbons (Fsp3) is 0.286. The molecule has 7 nitrogen and oxygen atoms in total. The van der Waals surface area contributed by atoms with Crippen LogP contribution in [-0.2, 0) is 11.0 Å². The molecule has 1 N–H and O–H groups in total. The SMILES string of the molecule is CO/N=C(/C)CNC(=O)c1ccc(-c2noc(C(F)(F)F)n2)cc1. The molecule has 0 radical (unpaired) electrons. The molecule has 0 unspecified atom stereocenters. The van der Waals surface area contributed by atoms with E-state index in [1.165, 1.54) is 31.4 Å². The molecule has 128 valence electrons. The van der Waals surface area contributed by atoms with E-state index in [1.807, 2.05) is 0 Å². The Morgan fingerprint density at radius 3 is 2.54 bits per heavy atom. The number of alkyl halides is 3. The van der Waals surface area contributed by atoms with Crippen LogP contribution in [0.2, 0.25) is 0 Å². The molecule has 0 fully saturated rings. The van der Waals surface area contributed by atoms with Crippen LogP contribution in [0, 0.1) is 0 Å². The summed E-state index contributed by atoms with van der Waals surface area (Å²) in [7, 11) is 1.40. The van der Waals surface area contributed by atoms with Gasteiger partial charge in [-0.15, -0.1) is 0 Å². The van der Waals surface area contributed by atoms with E-state index >= 15 is 0 Å². The van der Waals surface area contributed by atoms with Crippen molar-refractivity contribution in [2.75, 3.05) is 13.7 Å². The predicted molar refractivity (Wildman–Crippen MR) is 77.2 cm³/mol. The van der Waals surface area contributed by atoms with Gasteiger partial charge >= 0.3 is 12.1 Å². The lowest BCUT2D eigenvalue weighted by molar-refractivity contribution is -0.159. The topological polar surface area (TPSA) is 89.6 Å². The number of oxime groups is 1. The van der Waals surface area contributed by atoms with E-state index in [-0.39, 0.29) is 18.3 Å². The maximum Gasteiger partial charge on any atom is 0.471 e. The first-order chi connectivity index (χ1) is 11.3. The minimum atomic E-state index is -4.70. The number of hydrogen-bond donors (Lipinski definition) is 1. The van der Waals surface area contributed by atoms with Crippen molar-refractivity contribution in [1.82, 2.24) is 15.5 Å². The fourth-order valence-electron chi connectivity index (χ4n) is 1.72. The van der Waals surface area contributed by atoms with E-state index in [2.05, 4.69) is 30.0 Å². The summed E-state index contributed by atoms with van der Waals surface area (Å²) in [6, 6.07) is 5.74. The van der Waals surface area contributed by atoms with Crippen LogP contribution in [0.5, 0.6) is 0 Å². The van der Waals surface area contributed by atoms with Crippen LogP contribution in [0.4, 0.5) is 13.2 Å². The van der Waals surface area contributed by atoms with Crippen LogP contribution < -0.4 is 5.32 Å². The quantitative estimate of drug-likeness (QED) is 0.666. The summed E-state index contributed by atoms with van der Waals surface area (Å²) in [5, 5.41) is 9.54. The smallest absolute Gasteiger partial charge is 0.399 e. The van der Waals surface area contributed by atoms with Gasteiger partial charge in [0.25, 0.3) is 5.91 Å². The molecule has 1 amide bonds. The van der Waals surface area contributed by atoms with Gasteiger partial charge in [-0.2, -0.15) is 18.2 Å². The second kappa shape index (κ2) is 7.11. The van der Waals surface area contributed by atoms with Gasteiger partial charge in [0.05, 0.1) is 12.3 Å². The van der Waals surface area contributed by atoms with Crippen molar-refractivity contribution in [1.29, 1.82) is 0 Å². The molecular formula is C14H13F3N4O3. The molecule has 0 aliphatic carbocycles. The summed E-state index contributed by atoms with van der Waals surface area (Å²) < 4.78 is 41.4. The highest BCUT2D eigenvalue weighted by molar-refractivity contribution is 5.97. The second-order valence-electron chi connectivity index (χ2n) is 4.69. The van der Waals surface area contributed by atoms with Gasteiger partial charge in [-0.3, -0.25) is 4.79 Å². The minimum absolute atomic E-state index is 0.203. The van der Waals surface area contributed by atoms with Crippen molar-refractivity contribution in [3.63, 3.8) is 0 Å². The first kappa shape index (κ1) is 17.4. The first-order valence-corrected chi connectivity index (χ1v) is 6.67. The summed E-state index contributed by atoms with van der Waals surface area (Å²) in [6.45, 7) is 1.88. The molecule has 2 aromatic rings. The zero-order valence-electron chi connectivity index (χ0n) is 12.7. The van der Waals surface area contributed by atoms with Gasteiger partial charge in [-0.1, -0.05) is 22.4 Å². The Morgan fingerprint density at radius 2 is 2.00 bits per heavy atom. The predicted octanol–water partition coefficient (Wildman–Crippen LogP) is 2.51. The summed E-state index contributed by atoms with van der Waals surface area (Å²) in [4.78, 5) is 19.8. The Hall–Kier alpha value is -2.91. The number of carbonyl (C=O) groups is 1. The van der Waals surface area contributed by atoms with E-state index in [0.29, 0.717) is 16.8 Å². The molecule has 10 heteroatoms. The number of rotatable bonds is 5. The van der Waals surface area contributed by atoms with E-state index in [0.717, 1.165) is 0 Å². The maximum absolute atomic E-state index is 12.4. The number of amides is 1. The van der Waals surface area contributed by atoms with Crippen molar-refractivity contribution >= 4 is 11.6 Å². The highest BCUT2D eigenvalue weighted by Crippen LogP contribution is 2.29. The molecule has 0 aliphatic rings. The van der Waals surface area contributed by atoms with Crippen molar-refractivity contribution in [2.24, 2.45) is 5.16 Å². The molecule has 24 heavy (non-hydrogen) atoms. The lowest BCUT2D eigenvalue weighted by Gasteiger charge is -2.05. The minimum Gasteiger partial charge on any atom is -0.399 e. The highest BCUT2D eigenvalue weighted by Gasteiger charge is 2.38. The van der Waals surface area contributed by atoms with Gasteiger partial charge in [-0.25, -0.2) is 0 Å². The normalized spacial score (nSPS) is 12.1. The third kappa shape index (κ3) is 4.31. The van der Waals surface area contributed by atoms with E-state index in [9.17, 15) is 18.0 Å². The summed E-state index contributed by atoms with van der Waals surface area (Å²) in [6.07, 6.45) is -4.70. The van der Waals surface area contributed by atoms with Gasteiger partial charge in [0, 0.05) is 11.1 Å². The van der Waals surface area contributed by atoms with Gasteiger partial charge in [0.15, 0.2) is 0 Å². The Kier molecular flexibility index (Phi) is 5.17. The molecule has 1 aromatic carbocycles. The van der Waals surface area contributed by atoms with Crippen LogP contribution >= 0.6 is 0 Å². The molecule has 0 atom stereocenters. The van der Waals surface area contributed by atoms with Gasteiger partial charge < -0.3 is 14.7 Å². The highest BCUT2D eigenvalue weighted by atomic mass is 19.4. The maximum atomic E-state index is 12.4. The molecule has 1 aromatic heterocycles. The molecule has 0 spiro atoms. The molecular weight excluding hydrogens is 329 g/mol. The Morgan fingerprint density at radius 1 is 1.33 bits per heavy atom. The summed E-state index contributed by atoms with van der Waals surface area (Å²) in [5.41, 5.74) is 1.19. The number of benzene rings is 1. The van der Waals surface area contributed by atoms with Crippen molar-refractivity contribution in [3.8, 4) is 11.4 Å². The van der Waals surface area contributed by atoms with Gasteiger partial charge in [0.1, 0.15) is 7.11 Å². The molecule has 2 rings (SSSR count). The fourth-order valence-corrected chi connectivity index (χ4v) is 1.72. The van der Waals surface area contributed by atoms with Crippen LogP contribution in [0.15, 0.2) is 33.9 Å². The van der Waals surface area contributed by atoms with E-state index in [4.69, 9.17) is 0 Å². The largest absolute Gasteiger partial charge is 0.471 e. The Labute approximate surface area is 134 Å². The number of halogens is 3. The third-order valence-electron chi connectivity index (χ3n) is 2.83. The average molecular weight is 342 g/mol. The number of aromatic nitrogens is 2.